The first-order valence-electron chi connectivity index (χ1n) is 9.95. The van der Waals surface area contributed by atoms with Crippen LogP contribution in [-0.2, 0) is 11.2 Å². The third-order valence-corrected chi connectivity index (χ3v) is 4.69. The molecular formula is C23H25N5O2. The predicted molar refractivity (Wildman–Crippen MR) is 112 cm³/mol. The minimum absolute atomic E-state index is 0.372. The minimum atomic E-state index is -1.01. The van der Waals surface area contributed by atoms with Crippen molar-refractivity contribution in [1.82, 2.24) is 19.9 Å². The highest BCUT2D eigenvalue weighted by atomic mass is 16.6. The Kier molecular flexibility index (Phi) is 7.17. The molecule has 154 valence electrons. The second kappa shape index (κ2) is 10.0. The number of pyridine rings is 2. The summed E-state index contributed by atoms with van der Waals surface area (Å²) < 4.78 is 5.50. The van der Waals surface area contributed by atoms with E-state index in [9.17, 15) is 5.11 Å². The van der Waals surface area contributed by atoms with Crippen LogP contribution >= 0.6 is 0 Å². The fourth-order valence-corrected chi connectivity index (χ4v) is 3.27. The summed E-state index contributed by atoms with van der Waals surface area (Å²) in [5.41, 5.74) is 4.21. The normalized spacial score (nSPS) is 12.9. The van der Waals surface area contributed by atoms with E-state index in [1.165, 1.54) is 0 Å². The summed E-state index contributed by atoms with van der Waals surface area (Å²) in [6.07, 6.45) is 0.118. The Morgan fingerprint density at radius 2 is 1.83 bits per heavy atom. The summed E-state index contributed by atoms with van der Waals surface area (Å²) >= 11 is 0. The van der Waals surface area contributed by atoms with Crippen LogP contribution in [0.4, 0.5) is 0 Å². The number of aryl methyl sites for hydroxylation is 3. The van der Waals surface area contributed by atoms with Gasteiger partial charge in [0.05, 0.1) is 11.6 Å². The maximum absolute atomic E-state index is 10.7. The lowest BCUT2D eigenvalue weighted by Crippen LogP contribution is -2.24. The third-order valence-electron chi connectivity index (χ3n) is 4.69. The van der Waals surface area contributed by atoms with Crippen LogP contribution in [0.2, 0.25) is 0 Å². The Hall–Kier alpha value is -3.21. The molecule has 2 atom stereocenters. The van der Waals surface area contributed by atoms with Crippen LogP contribution in [0, 0.1) is 25.2 Å². The summed E-state index contributed by atoms with van der Waals surface area (Å²) in [6, 6.07) is 15.0. The molecule has 0 aromatic carbocycles. The smallest absolute Gasteiger partial charge is 0.178 e. The summed E-state index contributed by atoms with van der Waals surface area (Å²) in [5.74, 6) is 0.148. The van der Waals surface area contributed by atoms with Gasteiger partial charge in [0.1, 0.15) is 17.5 Å². The molecule has 7 heteroatoms. The molecule has 0 saturated carbocycles. The first kappa shape index (κ1) is 21.5. The first-order valence-corrected chi connectivity index (χ1v) is 9.95. The molecule has 3 aromatic heterocycles. The van der Waals surface area contributed by atoms with Crippen LogP contribution in [0.25, 0.3) is 11.5 Å². The van der Waals surface area contributed by atoms with Gasteiger partial charge in [-0.25, -0.2) is 19.9 Å². The molecule has 0 aliphatic heterocycles. The van der Waals surface area contributed by atoms with E-state index in [2.05, 4.69) is 21.0 Å². The van der Waals surface area contributed by atoms with Crippen LogP contribution in [0.3, 0.4) is 0 Å². The van der Waals surface area contributed by atoms with Crippen molar-refractivity contribution in [2.75, 3.05) is 6.61 Å². The van der Waals surface area contributed by atoms with Crippen molar-refractivity contribution >= 4 is 0 Å². The molecule has 3 rings (SSSR count). The molecule has 0 aliphatic carbocycles. The van der Waals surface area contributed by atoms with Crippen molar-refractivity contribution in [2.24, 2.45) is 0 Å². The van der Waals surface area contributed by atoms with E-state index in [0.29, 0.717) is 42.4 Å². The molecule has 1 N–H and O–H groups in total. The number of aliphatic hydroxyl groups excluding tert-OH is 1. The second-order valence-electron chi connectivity index (χ2n) is 7.04. The molecule has 0 fully saturated rings. The Labute approximate surface area is 176 Å². The van der Waals surface area contributed by atoms with Gasteiger partial charge in [-0.2, -0.15) is 5.26 Å². The lowest BCUT2D eigenvalue weighted by atomic mass is 9.96. The molecule has 2 unspecified atom stereocenters. The molecule has 0 radical (unpaired) electrons. The van der Waals surface area contributed by atoms with Crippen molar-refractivity contribution in [3.63, 3.8) is 0 Å². The zero-order valence-corrected chi connectivity index (χ0v) is 17.4. The van der Waals surface area contributed by atoms with E-state index in [1.54, 1.807) is 6.07 Å². The fourth-order valence-electron chi connectivity index (χ4n) is 3.27. The summed E-state index contributed by atoms with van der Waals surface area (Å²) in [7, 11) is 0. The van der Waals surface area contributed by atoms with Crippen molar-refractivity contribution in [2.45, 2.75) is 45.8 Å². The molecule has 0 aliphatic rings. The van der Waals surface area contributed by atoms with Gasteiger partial charge in [0.15, 0.2) is 12.1 Å². The van der Waals surface area contributed by atoms with Crippen molar-refractivity contribution in [3.05, 3.63) is 70.9 Å². The number of hydrogen-bond acceptors (Lipinski definition) is 7. The Balaban J connectivity index is 1.92. The van der Waals surface area contributed by atoms with Crippen molar-refractivity contribution in [3.8, 4) is 17.6 Å². The van der Waals surface area contributed by atoms with E-state index < -0.39 is 6.29 Å². The van der Waals surface area contributed by atoms with E-state index in [4.69, 9.17) is 15.0 Å². The van der Waals surface area contributed by atoms with Gasteiger partial charge in [-0.1, -0.05) is 12.1 Å². The van der Waals surface area contributed by atoms with Gasteiger partial charge in [-0.3, -0.25) is 0 Å². The molecule has 0 amide bonds. The number of hydrogen-bond donors (Lipinski definition) is 1. The molecule has 0 bridgehead atoms. The van der Waals surface area contributed by atoms with E-state index >= 15 is 0 Å². The fraction of sp³-hybridized carbons (Fsp3) is 0.348. The van der Waals surface area contributed by atoms with Gasteiger partial charge in [-0.15, -0.1) is 0 Å². The Morgan fingerprint density at radius 1 is 1.03 bits per heavy atom. The van der Waals surface area contributed by atoms with Crippen molar-refractivity contribution in [1.29, 1.82) is 5.26 Å². The minimum Gasteiger partial charge on any atom is -0.367 e. The summed E-state index contributed by atoms with van der Waals surface area (Å²) in [5, 5.41) is 19.7. The molecule has 0 saturated heterocycles. The monoisotopic (exact) mass is 403 g/mol. The zero-order chi connectivity index (χ0) is 21.5. The van der Waals surface area contributed by atoms with E-state index in [-0.39, 0.29) is 5.92 Å². The molecule has 30 heavy (non-hydrogen) atoms. The first-order chi connectivity index (χ1) is 14.5. The van der Waals surface area contributed by atoms with Gasteiger partial charge in [0.2, 0.25) is 0 Å². The number of nitrogens with zero attached hydrogens (tertiary/aromatic N) is 5. The number of nitriles is 1. The summed E-state index contributed by atoms with van der Waals surface area (Å²) in [6.45, 7) is 6.04. The van der Waals surface area contributed by atoms with E-state index in [1.807, 2.05) is 57.2 Å². The average Bonchev–Trinajstić information content (AvgIpc) is 2.74. The Morgan fingerprint density at radius 3 is 2.57 bits per heavy atom. The highest BCUT2D eigenvalue weighted by molar-refractivity contribution is 5.49. The summed E-state index contributed by atoms with van der Waals surface area (Å²) in [4.78, 5) is 18.1. The van der Waals surface area contributed by atoms with Gasteiger partial charge in [0.25, 0.3) is 0 Å². The largest absolute Gasteiger partial charge is 0.367 e. The predicted octanol–water partition coefficient (Wildman–Crippen LogP) is 3.49. The zero-order valence-electron chi connectivity index (χ0n) is 17.4. The third kappa shape index (κ3) is 5.44. The second-order valence-corrected chi connectivity index (χ2v) is 7.04. The average molecular weight is 403 g/mol. The van der Waals surface area contributed by atoms with Gasteiger partial charge < -0.3 is 9.84 Å². The number of ether oxygens (including phenoxy) is 1. The van der Waals surface area contributed by atoms with Crippen LogP contribution in [-0.4, -0.2) is 37.9 Å². The molecule has 0 spiro atoms. The SMILES string of the molecule is CCOC(O)C(CCc1cccc(C#N)n1)c1cc(C)nc(-c2cccc(C)n2)n1. The lowest BCUT2D eigenvalue weighted by molar-refractivity contribution is -0.113. The van der Waals surface area contributed by atoms with Crippen LogP contribution < -0.4 is 0 Å². The maximum Gasteiger partial charge on any atom is 0.178 e. The lowest BCUT2D eigenvalue weighted by Gasteiger charge is -2.23. The van der Waals surface area contributed by atoms with Gasteiger partial charge >= 0.3 is 0 Å². The van der Waals surface area contributed by atoms with Gasteiger partial charge in [-0.05, 0) is 63.9 Å². The molecule has 3 aromatic rings. The van der Waals surface area contributed by atoms with Crippen LogP contribution in [0.1, 0.15) is 47.7 Å². The van der Waals surface area contributed by atoms with Gasteiger partial charge in [0, 0.05) is 23.7 Å². The van der Waals surface area contributed by atoms with Crippen molar-refractivity contribution < 1.29 is 9.84 Å². The van der Waals surface area contributed by atoms with E-state index in [0.717, 1.165) is 17.1 Å². The topological polar surface area (TPSA) is 105 Å². The molecular weight excluding hydrogens is 378 g/mol. The quantitative estimate of drug-likeness (QED) is 0.574. The molecule has 3 heterocycles. The number of aliphatic hydroxyl groups is 1. The highest BCUT2D eigenvalue weighted by Gasteiger charge is 2.24. The number of rotatable bonds is 8. The van der Waals surface area contributed by atoms with Crippen LogP contribution in [0.5, 0.6) is 0 Å². The van der Waals surface area contributed by atoms with Crippen LogP contribution in [0.15, 0.2) is 42.5 Å². The Bertz CT molecular complexity index is 1050. The maximum atomic E-state index is 10.7. The number of aromatic nitrogens is 4. The standard InChI is InChI=1S/C23H25N5O2/c1-4-30-23(29)19(12-11-17-8-6-9-18(14-24)27-17)21-13-16(3)26-22(28-21)20-10-5-7-15(2)25-20/h5-10,13,19,23,29H,4,11-12H2,1-3H3. The highest BCUT2D eigenvalue weighted by Crippen LogP contribution is 2.27. The molecule has 7 nitrogen and oxygen atoms in total.